The van der Waals surface area contributed by atoms with Crippen molar-refractivity contribution in [2.75, 3.05) is 18.8 Å². The Bertz CT molecular complexity index is 102. The molecule has 0 rings (SSSR count). The minimum absolute atomic E-state index is 0.725. The van der Waals surface area contributed by atoms with Crippen molar-refractivity contribution in [1.82, 2.24) is 4.31 Å². The average molecular weight is 163 g/mol. The summed E-state index contributed by atoms with van der Waals surface area (Å²) in [5.74, 6) is 0.807. The fourth-order valence-corrected chi connectivity index (χ4v) is 2.00. The minimum atomic E-state index is -0.725. The van der Waals surface area contributed by atoms with Crippen molar-refractivity contribution in [3.8, 4) is 0 Å². The molecular weight excluding hydrogens is 146 g/mol. The Morgan fingerprint density at radius 2 is 1.70 bits per heavy atom. The lowest BCUT2D eigenvalue weighted by Gasteiger charge is -2.15. The second-order valence-corrected chi connectivity index (χ2v) is 3.71. The third kappa shape index (κ3) is 3.32. The Kier molecular flexibility index (Phi) is 5.93. The Balaban J connectivity index is 3.65. The first-order valence-corrected chi connectivity index (χ1v) is 5.17. The van der Waals surface area contributed by atoms with Gasteiger partial charge in [-0.25, -0.2) is 8.51 Å². The molecule has 0 aliphatic heterocycles. The molecule has 0 aromatic carbocycles. The zero-order valence-electron chi connectivity index (χ0n) is 7.09. The first kappa shape index (κ1) is 10.1. The van der Waals surface area contributed by atoms with Gasteiger partial charge in [0.15, 0.2) is 0 Å². The van der Waals surface area contributed by atoms with Gasteiger partial charge in [0.05, 0.1) is 11.0 Å². The summed E-state index contributed by atoms with van der Waals surface area (Å²) in [5, 5.41) is 0. The van der Waals surface area contributed by atoms with Gasteiger partial charge in [0.1, 0.15) is 0 Å². The van der Waals surface area contributed by atoms with Gasteiger partial charge in [-0.05, 0) is 6.42 Å². The molecule has 0 spiro atoms. The molecule has 0 aromatic rings. The molecule has 0 N–H and O–H groups in total. The lowest BCUT2D eigenvalue weighted by molar-refractivity contribution is 0.489. The Morgan fingerprint density at radius 1 is 1.20 bits per heavy atom. The molecule has 0 bridgehead atoms. The van der Waals surface area contributed by atoms with Gasteiger partial charge in [-0.1, -0.05) is 20.8 Å². The summed E-state index contributed by atoms with van der Waals surface area (Å²) in [6.45, 7) is 7.92. The number of rotatable bonds is 5. The molecule has 0 fully saturated rings. The molecule has 0 saturated heterocycles. The van der Waals surface area contributed by atoms with E-state index < -0.39 is 11.0 Å². The van der Waals surface area contributed by atoms with Crippen LogP contribution in [0, 0.1) is 0 Å². The average Bonchev–Trinajstić information content (AvgIpc) is 1.91. The summed E-state index contributed by atoms with van der Waals surface area (Å²) in [6, 6.07) is 0. The molecule has 0 saturated carbocycles. The van der Waals surface area contributed by atoms with Crippen LogP contribution >= 0.6 is 0 Å². The maximum Gasteiger partial charge on any atom is 0.0942 e. The molecule has 1 atom stereocenters. The van der Waals surface area contributed by atoms with Crippen molar-refractivity contribution in [2.24, 2.45) is 0 Å². The largest absolute Gasteiger partial charge is 0.243 e. The predicted octanol–water partition coefficient (Wildman–Crippen LogP) is 1.40. The van der Waals surface area contributed by atoms with Gasteiger partial charge in [-0.3, -0.25) is 0 Å². The summed E-state index contributed by atoms with van der Waals surface area (Å²) in [5.41, 5.74) is 0. The Morgan fingerprint density at radius 3 is 2.00 bits per heavy atom. The molecule has 0 radical (unpaired) electrons. The molecule has 0 heterocycles. The first-order valence-electron chi connectivity index (χ1n) is 3.89. The summed E-state index contributed by atoms with van der Waals surface area (Å²) in [6.07, 6.45) is 1.00. The van der Waals surface area contributed by atoms with Gasteiger partial charge in [0.25, 0.3) is 0 Å². The third-order valence-corrected chi connectivity index (χ3v) is 3.22. The second kappa shape index (κ2) is 5.86. The van der Waals surface area contributed by atoms with Gasteiger partial charge in [0.2, 0.25) is 0 Å². The highest BCUT2D eigenvalue weighted by Crippen LogP contribution is 1.95. The lowest BCUT2D eigenvalue weighted by Crippen LogP contribution is -2.26. The van der Waals surface area contributed by atoms with E-state index in [0.717, 1.165) is 25.3 Å². The van der Waals surface area contributed by atoms with Crippen LogP contribution in [0.3, 0.4) is 0 Å². The number of nitrogens with zero attached hydrogens (tertiary/aromatic N) is 1. The van der Waals surface area contributed by atoms with Crippen LogP contribution in [0.4, 0.5) is 0 Å². The molecule has 1 unspecified atom stereocenters. The summed E-state index contributed by atoms with van der Waals surface area (Å²) < 4.78 is 13.2. The molecule has 0 aliphatic carbocycles. The van der Waals surface area contributed by atoms with Crippen molar-refractivity contribution in [3.63, 3.8) is 0 Å². The highest BCUT2D eigenvalue weighted by atomic mass is 32.2. The normalized spacial score (nSPS) is 14.0. The van der Waals surface area contributed by atoms with Gasteiger partial charge >= 0.3 is 0 Å². The second-order valence-electron chi connectivity index (χ2n) is 2.14. The van der Waals surface area contributed by atoms with Gasteiger partial charge in [0, 0.05) is 18.8 Å². The molecular formula is C7H17NOS. The van der Waals surface area contributed by atoms with Crippen molar-refractivity contribution < 1.29 is 4.21 Å². The van der Waals surface area contributed by atoms with Crippen molar-refractivity contribution in [3.05, 3.63) is 0 Å². The molecule has 0 aromatic heterocycles. The van der Waals surface area contributed by atoms with E-state index in [1.54, 1.807) is 0 Å². The maximum absolute atomic E-state index is 11.2. The van der Waals surface area contributed by atoms with E-state index >= 15 is 0 Å². The molecule has 62 valence electrons. The topological polar surface area (TPSA) is 20.3 Å². The van der Waals surface area contributed by atoms with E-state index in [1.165, 1.54) is 0 Å². The van der Waals surface area contributed by atoms with Crippen LogP contribution in [0.5, 0.6) is 0 Å². The number of hydrogen-bond donors (Lipinski definition) is 0. The van der Waals surface area contributed by atoms with Crippen molar-refractivity contribution >= 4 is 11.0 Å². The highest BCUT2D eigenvalue weighted by molar-refractivity contribution is 7.82. The SMILES string of the molecule is CCCS(=O)N(CC)CC. The minimum Gasteiger partial charge on any atom is -0.243 e. The fourth-order valence-electron chi connectivity index (χ4n) is 0.815. The summed E-state index contributed by atoms with van der Waals surface area (Å²) in [4.78, 5) is 0. The monoisotopic (exact) mass is 163 g/mol. The van der Waals surface area contributed by atoms with E-state index in [-0.39, 0.29) is 0 Å². The highest BCUT2D eigenvalue weighted by Gasteiger charge is 2.05. The van der Waals surface area contributed by atoms with Crippen LogP contribution in [-0.2, 0) is 11.0 Å². The Hall–Kier alpha value is 0.110. The van der Waals surface area contributed by atoms with Crippen LogP contribution in [0.15, 0.2) is 0 Å². The maximum atomic E-state index is 11.2. The fraction of sp³-hybridized carbons (Fsp3) is 1.00. The zero-order valence-corrected chi connectivity index (χ0v) is 7.91. The van der Waals surface area contributed by atoms with Crippen LogP contribution in [0.2, 0.25) is 0 Å². The van der Waals surface area contributed by atoms with E-state index in [4.69, 9.17) is 0 Å². The molecule has 3 heteroatoms. The quantitative estimate of drug-likeness (QED) is 0.600. The molecule has 0 amide bonds. The van der Waals surface area contributed by atoms with Crippen LogP contribution < -0.4 is 0 Å². The molecule has 2 nitrogen and oxygen atoms in total. The van der Waals surface area contributed by atoms with Gasteiger partial charge in [-0.2, -0.15) is 0 Å². The number of hydrogen-bond acceptors (Lipinski definition) is 1. The smallest absolute Gasteiger partial charge is 0.0942 e. The van der Waals surface area contributed by atoms with Gasteiger partial charge < -0.3 is 0 Å². The van der Waals surface area contributed by atoms with E-state index in [0.29, 0.717) is 0 Å². The molecule has 0 aliphatic rings. The van der Waals surface area contributed by atoms with Crippen molar-refractivity contribution in [2.45, 2.75) is 27.2 Å². The third-order valence-electron chi connectivity index (χ3n) is 1.37. The van der Waals surface area contributed by atoms with Crippen LogP contribution in [0.25, 0.3) is 0 Å². The van der Waals surface area contributed by atoms with E-state index in [2.05, 4.69) is 6.92 Å². The summed E-state index contributed by atoms with van der Waals surface area (Å²) >= 11 is 0. The van der Waals surface area contributed by atoms with Gasteiger partial charge in [-0.15, -0.1) is 0 Å². The lowest BCUT2D eigenvalue weighted by atomic mass is 10.6. The standard InChI is InChI=1S/C7H17NOS/c1-4-7-10(9)8(5-2)6-3/h4-7H2,1-3H3. The van der Waals surface area contributed by atoms with E-state index in [1.807, 2.05) is 18.2 Å². The van der Waals surface area contributed by atoms with E-state index in [9.17, 15) is 4.21 Å². The van der Waals surface area contributed by atoms with Crippen LogP contribution in [-0.4, -0.2) is 27.4 Å². The first-order chi connectivity index (χ1) is 4.76. The summed E-state index contributed by atoms with van der Waals surface area (Å²) in [7, 11) is -0.725. The van der Waals surface area contributed by atoms with Crippen molar-refractivity contribution in [1.29, 1.82) is 0 Å². The zero-order chi connectivity index (χ0) is 7.98. The van der Waals surface area contributed by atoms with Crippen LogP contribution in [0.1, 0.15) is 27.2 Å². The Labute approximate surface area is 66.2 Å². The molecule has 10 heavy (non-hydrogen) atoms. The predicted molar refractivity (Wildman–Crippen MR) is 46.2 cm³/mol.